The predicted molar refractivity (Wildman–Crippen MR) is 63.8 cm³/mol. The topological polar surface area (TPSA) is 95.4 Å². The molecule has 0 aliphatic heterocycles. The molecule has 0 aromatic carbocycles. The van der Waals surface area contributed by atoms with Crippen molar-refractivity contribution in [2.75, 3.05) is 7.11 Å². The minimum Gasteiger partial charge on any atom is -0.464 e. The van der Waals surface area contributed by atoms with Gasteiger partial charge in [-0.25, -0.2) is 4.79 Å². The SMILES string of the molecule is CC(=O)c1cc(C)on1.COC(=O)c1cc(C)on1. The highest BCUT2D eigenvalue weighted by Crippen LogP contribution is 2.02. The predicted octanol–water partition coefficient (Wildman–Crippen LogP) is 1.96. The van der Waals surface area contributed by atoms with Gasteiger partial charge >= 0.3 is 5.97 Å². The molecule has 2 heterocycles. The van der Waals surface area contributed by atoms with Crippen molar-refractivity contribution in [3.8, 4) is 0 Å². The van der Waals surface area contributed by atoms with Crippen LogP contribution in [0.4, 0.5) is 0 Å². The normalized spacial score (nSPS) is 9.47. The van der Waals surface area contributed by atoms with Crippen LogP contribution in [0.1, 0.15) is 39.4 Å². The van der Waals surface area contributed by atoms with Gasteiger partial charge in [-0.1, -0.05) is 10.3 Å². The molecule has 2 aromatic heterocycles. The monoisotopic (exact) mass is 266 g/mol. The van der Waals surface area contributed by atoms with Crippen molar-refractivity contribution in [2.45, 2.75) is 20.8 Å². The molecule has 0 radical (unpaired) electrons. The van der Waals surface area contributed by atoms with Gasteiger partial charge < -0.3 is 13.8 Å². The Kier molecular flexibility index (Phi) is 4.99. The Hall–Kier alpha value is -2.44. The molecule has 0 amide bonds. The van der Waals surface area contributed by atoms with Crippen LogP contribution in [0.15, 0.2) is 21.2 Å². The maximum atomic E-state index is 10.7. The summed E-state index contributed by atoms with van der Waals surface area (Å²) in [5.41, 5.74) is 0.604. The van der Waals surface area contributed by atoms with Crippen LogP contribution in [-0.2, 0) is 4.74 Å². The summed E-state index contributed by atoms with van der Waals surface area (Å²) in [7, 11) is 1.30. The van der Waals surface area contributed by atoms with E-state index >= 15 is 0 Å². The lowest BCUT2D eigenvalue weighted by Gasteiger charge is -1.88. The zero-order chi connectivity index (χ0) is 14.4. The number of ketones is 1. The summed E-state index contributed by atoms with van der Waals surface area (Å²) in [4.78, 5) is 21.2. The van der Waals surface area contributed by atoms with Crippen molar-refractivity contribution in [1.29, 1.82) is 0 Å². The number of hydrogen-bond acceptors (Lipinski definition) is 7. The smallest absolute Gasteiger partial charge is 0.360 e. The van der Waals surface area contributed by atoms with Crippen molar-refractivity contribution < 1.29 is 23.4 Å². The second-order valence-corrected chi connectivity index (χ2v) is 3.69. The van der Waals surface area contributed by atoms with Gasteiger partial charge in [0.15, 0.2) is 11.5 Å². The highest BCUT2D eigenvalue weighted by atomic mass is 16.5. The molecule has 102 valence electrons. The van der Waals surface area contributed by atoms with Crippen LogP contribution in [0.2, 0.25) is 0 Å². The zero-order valence-corrected chi connectivity index (χ0v) is 11.1. The number of Topliss-reactive ketones (excluding diaryl/α,β-unsaturated/α-hetero) is 1. The first kappa shape index (κ1) is 14.6. The quantitative estimate of drug-likeness (QED) is 0.605. The lowest BCUT2D eigenvalue weighted by molar-refractivity contribution is 0.0589. The second-order valence-electron chi connectivity index (χ2n) is 3.69. The van der Waals surface area contributed by atoms with Crippen LogP contribution >= 0.6 is 0 Å². The molecule has 0 aliphatic carbocycles. The van der Waals surface area contributed by atoms with Gasteiger partial charge in [-0.15, -0.1) is 0 Å². The second kappa shape index (κ2) is 6.48. The minimum absolute atomic E-state index is 0.0631. The number of carbonyl (C=O) groups is 2. The van der Waals surface area contributed by atoms with E-state index in [-0.39, 0.29) is 11.5 Å². The number of methoxy groups -OCH3 is 1. The average molecular weight is 266 g/mol. The molecule has 0 saturated heterocycles. The van der Waals surface area contributed by atoms with E-state index < -0.39 is 5.97 Å². The van der Waals surface area contributed by atoms with Crippen molar-refractivity contribution in [3.63, 3.8) is 0 Å². The standard InChI is InChI=1S/C6H7NO3.C6H7NO2/c1-4-3-5(7-10-4)6(8)9-2;1-4-3-6(5(2)8)7-9-4/h3H,1-2H3;3H,1-2H3. The molecular weight excluding hydrogens is 252 g/mol. The molecule has 0 bridgehead atoms. The Morgan fingerprint density at radius 1 is 1.05 bits per heavy atom. The number of aromatic nitrogens is 2. The van der Waals surface area contributed by atoms with Crippen molar-refractivity contribution >= 4 is 11.8 Å². The van der Waals surface area contributed by atoms with E-state index in [1.54, 1.807) is 19.9 Å². The van der Waals surface area contributed by atoms with Gasteiger partial charge in [-0.3, -0.25) is 4.79 Å². The number of aryl methyl sites for hydroxylation is 2. The fourth-order valence-electron chi connectivity index (χ4n) is 1.10. The fourth-order valence-corrected chi connectivity index (χ4v) is 1.10. The molecule has 7 nitrogen and oxygen atoms in total. The summed E-state index contributed by atoms with van der Waals surface area (Å²) in [5, 5.41) is 6.93. The Labute approximate surface area is 109 Å². The van der Waals surface area contributed by atoms with E-state index in [9.17, 15) is 9.59 Å². The molecule has 0 N–H and O–H groups in total. The summed E-state index contributed by atoms with van der Waals surface area (Å²) in [6.07, 6.45) is 0. The highest BCUT2D eigenvalue weighted by molar-refractivity contribution is 5.91. The van der Waals surface area contributed by atoms with Gasteiger partial charge in [0, 0.05) is 19.1 Å². The Balaban J connectivity index is 0.000000191. The first-order valence-corrected chi connectivity index (χ1v) is 5.40. The Morgan fingerprint density at radius 3 is 1.79 bits per heavy atom. The highest BCUT2D eigenvalue weighted by Gasteiger charge is 2.09. The van der Waals surface area contributed by atoms with Gasteiger partial charge in [0.25, 0.3) is 0 Å². The minimum atomic E-state index is -0.475. The van der Waals surface area contributed by atoms with Crippen LogP contribution in [0.3, 0.4) is 0 Å². The van der Waals surface area contributed by atoms with Crippen LogP contribution in [0.5, 0.6) is 0 Å². The van der Waals surface area contributed by atoms with E-state index in [1.165, 1.54) is 20.1 Å². The van der Waals surface area contributed by atoms with Crippen molar-refractivity contribution in [2.24, 2.45) is 0 Å². The summed E-state index contributed by atoms with van der Waals surface area (Å²) in [5.74, 6) is 0.726. The Bertz CT molecular complexity index is 570. The fraction of sp³-hybridized carbons (Fsp3) is 0.333. The molecule has 2 aromatic rings. The lowest BCUT2D eigenvalue weighted by Crippen LogP contribution is -2.00. The lowest BCUT2D eigenvalue weighted by atomic mass is 10.3. The average Bonchev–Trinajstić information content (AvgIpc) is 2.98. The van der Waals surface area contributed by atoms with Crippen LogP contribution in [0.25, 0.3) is 0 Å². The number of carbonyl (C=O) groups excluding carboxylic acids is 2. The van der Waals surface area contributed by atoms with Gasteiger partial charge in [0.1, 0.15) is 17.2 Å². The van der Waals surface area contributed by atoms with E-state index in [0.717, 1.165) is 0 Å². The van der Waals surface area contributed by atoms with E-state index in [4.69, 9.17) is 0 Å². The van der Waals surface area contributed by atoms with E-state index in [0.29, 0.717) is 17.2 Å². The molecule has 0 spiro atoms. The summed E-state index contributed by atoms with van der Waals surface area (Å²) in [6, 6.07) is 3.13. The number of rotatable bonds is 2. The van der Waals surface area contributed by atoms with Gasteiger partial charge in [-0.05, 0) is 13.8 Å². The molecule has 0 aliphatic rings. The van der Waals surface area contributed by atoms with Crippen molar-refractivity contribution in [3.05, 3.63) is 35.0 Å². The first-order valence-electron chi connectivity index (χ1n) is 5.40. The third-order valence-electron chi connectivity index (χ3n) is 2.01. The number of esters is 1. The third-order valence-corrected chi connectivity index (χ3v) is 2.01. The zero-order valence-electron chi connectivity index (χ0n) is 11.1. The molecule has 0 saturated carbocycles. The van der Waals surface area contributed by atoms with Crippen LogP contribution < -0.4 is 0 Å². The van der Waals surface area contributed by atoms with Gasteiger partial charge in [-0.2, -0.15) is 0 Å². The van der Waals surface area contributed by atoms with E-state index in [2.05, 4.69) is 24.1 Å². The number of nitrogens with zero attached hydrogens (tertiary/aromatic N) is 2. The molecule has 2 rings (SSSR count). The molecule has 0 atom stereocenters. The Morgan fingerprint density at radius 2 is 1.53 bits per heavy atom. The molecule has 7 heteroatoms. The maximum Gasteiger partial charge on any atom is 0.360 e. The summed E-state index contributed by atoms with van der Waals surface area (Å²) < 4.78 is 13.7. The maximum absolute atomic E-state index is 10.7. The molecule has 0 unspecified atom stereocenters. The van der Waals surface area contributed by atoms with Crippen LogP contribution in [0, 0.1) is 13.8 Å². The molecule has 0 fully saturated rings. The largest absolute Gasteiger partial charge is 0.464 e. The number of hydrogen-bond donors (Lipinski definition) is 0. The van der Waals surface area contributed by atoms with Crippen LogP contribution in [-0.4, -0.2) is 29.2 Å². The van der Waals surface area contributed by atoms with Gasteiger partial charge in [0.2, 0.25) is 0 Å². The van der Waals surface area contributed by atoms with Crippen molar-refractivity contribution in [1.82, 2.24) is 10.3 Å². The molecular formula is C12H14N2O5. The summed E-state index contributed by atoms with van der Waals surface area (Å²) in [6.45, 7) is 4.91. The summed E-state index contributed by atoms with van der Waals surface area (Å²) >= 11 is 0. The molecule has 19 heavy (non-hydrogen) atoms. The third kappa shape index (κ3) is 4.38. The number of ether oxygens (including phenoxy) is 1. The first-order chi connectivity index (χ1) is 8.93. The van der Waals surface area contributed by atoms with Gasteiger partial charge in [0.05, 0.1) is 7.11 Å². The van der Waals surface area contributed by atoms with E-state index in [1.807, 2.05) is 0 Å².